The second-order valence-corrected chi connectivity index (χ2v) is 8.31. The zero-order chi connectivity index (χ0) is 20.7. The average Bonchev–Trinajstić information content (AvgIpc) is 3.44. The highest BCUT2D eigenvalue weighted by atomic mass is 16.5. The van der Waals surface area contributed by atoms with Gasteiger partial charge in [0.15, 0.2) is 0 Å². The van der Waals surface area contributed by atoms with Crippen LogP contribution in [0.3, 0.4) is 0 Å². The minimum atomic E-state index is -0.844. The molecule has 30 heavy (non-hydrogen) atoms. The maximum absolute atomic E-state index is 11.7. The third-order valence-electron chi connectivity index (χ3n) is 6.77. The Bertz CT molecular complexity index is 1050. The number of carboxylic acids is 1. The van der Waals surface area contributed by atoms with E-state index in [1.807, 2.05) is 0 Å². The van der Waals surface area contributed by atoms with Crippen molar-refractivity contribution >= 4 is 16.9 Å². The van der Waals surface area contributed by atoms with Crippen molar-refractivity contribution in [3.63, 3.8) is 0 Å². The highest BCUT2D eigenvalue weighted by Gasteiger charge is 2.46. The summed E-state index contributed by atoms with van der Waals surface area (Å²) in [5.41, 5.74) is 4.32. The molecule has 0 saturated carbocycles. The lowest BCUT2D eigenvalue weighted by Gasteiger charge is -2.49. The molecule has 1 fully saturated rings. The number of fused-ring (bicyclic) bond motifs is 6. The fourth-order valence-corrected chi connectivity index (χ4v) is 5.29. The number of carbonyl (C=O) groups is 1. The van der Waals surface area contributed by atoms with Gasteiger partial charge < -0.3 is 19.8 Å². The van der Waals surface area contributed by atoms with E-state index >= 15 is 0 Å². The van der Waals surface area contributed by atoms with Gasteiger partial charge in [-0.2, -0.15) is 0 Å². The van der Waals surface area contributed by atoms with Gasteiger partial charge in [-0.3, -0.25) is 4.90 Å². The van der Waals surface area contributed by atoms with E-state index in [-0.39, 0.29) is 24.0 Å². The molecule has 7 heteroatoms. The number of para-hydroxylation sites is 1. The van der Waals surface area contributed by atoms with Crippen LogP contribution in [0.2, 0.25) is 0 Å². The highest BCUT2D eigenvalue weighted by Crippen LogP contribution is 2.47. The molecule has 156 valence electrons. The maximum atomic E-state index is 11.7. The molecule has 3 aromatic rings. The second kappa shape index (κ2) is 7.65. The van der Waals surface area contributed by atoms with Gasteiger partial charge in [0.1, 0.15) is 0 Å². The topological polar surface area (TPSA) is 94.2 Å². The first kappa shape index (κ1) is 18.9. The van der Waals surface area contributed by atoms with E-state index in [0.717, 1.165) is 25.9 Å². The molecule has 1 aromatic carbocycles. The molecule has 3 N–H and O–H groups in total. The zero-order valence-electron chi connectivity index (χ0n) is 16.9. The monoisotopic (exact) mass is 406 g/mol. The van der Waals surface area contributed by atoms with Crippen LogP contribution in [-0.4, -0.2) is 50.1 Å². The van der Waals surface area contributed by atoms with Crippen LogP contribution >= 0.6 is 0 Å². The summed E-state index contributed by atoms with van der Waals surface area (Å²) in [6, 6.07) is 8.73. The Balaban J connectivity index is 0.000000340. The molecule has 3 aliphatic rings. The van der Waals surface area contributed by atoms with Crippen LogP contribution in [0.5, 0.6) is 0 Å². The lowest BCUT2D eigenvalue weighted by molar-refractivity contribution is -0.135. The molecule has 0 spiro atoms. The van der Waals surface area contributed by atoms with E-state index in [4.69, 9.17) is 4.74 Å². The third kappa shape index (κ3) is 3.19. The Morgan fingerprint density at radius 1 is 1.33 bits per heavy atom. The number of nitrogens with zero attached hydrogens (tertiary/aromatic N) is 2. The van der Waals surface area contributed by atoms with Crippen LogP contribution in [0.25, 0.3) is 10.9 Å². The molecule has 1 saturated heterocycles. The molecule has 4 atom stereocenters. The Labute approximate surface area is 174 Å². The average molecular weight is 406 g/mol. The first-order valence-electron chi connectivity index (χ1n) is 10.5. The summed E-state index contributed by atoms with van der Waals surface area (Å²) in [4.78, 5) is 24.3. The summed E-state index contributed by atoms with van der Waals surface area (Å²) in [7, 11) is 0. The number of imidazole rings is 1. The third-order valence-corrected chi connectivity index (χ3v) is 6.77. The lowest BCUT2D eigenvalue weighted by Crippen LogP contribution is -2.51. The van der Waals surface area contributed by atoms with E-state index in [2.05, 4.69) is 51.0 Å². The van der Waals surface area contributed by atoms with Crippen LogP contribution in [0.1, 0.15) is 30.6 Å². The Kier molecular flexibility index (Phi) is 4.83. The molecule has 2 aromatic heterocycles. The second-order valence-electron chi connectivity index (χ2n) is 8.31. The van der Waals surface area contributed by atoms with Crippen molar-refractivity contribution in [3.8, 4) is 0 Å². The predicted octanol–water partition coefficient (Wildman–Crippen LogP) is 3.50. The quantitative estimate of drug-likeness (QED) is 0.575. The van der Waals surface area contributed by atoms with Gasteiger partial charge in [0.2, 0.25) is 0 Å². The summed E-state index contributed by atoms with van der Waals surface area (Å²) in [6.45, 7) is 3.99. The van der Waals surface area contributed by atoms with Gasteiger partial charge in [0.25, 0.3) is 0 Å². The number of nitrogens with one attached hydrogen (secondary N) is 2. The van der Waals surface area contributed by atoms with Crippen molar-refractivity contribution in [3.05, 3.63) is 66.1 Å². The number of aromatic amines is 2. The van der Waals surface area contributed by atoms with E-state index < -0.39 is 5.97 Å². The van der Waals surface area contributed by atoms with Gasteiger partial charge in [0, 0.05) is 53.9 Å². The van der Waals surface area contributed by atoms with Crippen molar-refractivity contribution < 1.29 is 14.6 Å². The number of ether oxygens (including phenoxy) is 1. The number of aliphatic carboxylic acids is 1. The molecule has 3 unspecified atom stereocenters. The fraction of sp³-hybridized carbons (Fsp3) is 0.391. The largest absolute Gasteiger partial charge is 0.497 e. The first-order valence-corrected chi connectivity index (χ1v) is 10.5. The predicted molar refractivity (Wildman–Crippen MR) is 113 cm³/mol. The molecule has 0 aliphatic carbocycles. The molecular weight excluding hydrogens is 380 g/mol. The smallest absolute Gasteiger partial charge is 0.334 e. The number of piperidine rings is 1. The van der Waals surface area contributed by atoms with E-state index in [9.17, 15) is 9.90 Å². The van der Waals surface area contributed by atoms with Crippen molar-refractivity contribution in [2.75, 3.05) is 13.1 Å². The van der Waals surface area contributed by atoms with Gasteiger partial charge >= 0.3 is 5.97 Å². The molecule has 6 rings (SSSR count). The maximum Gasteiger partial charge on any atom is 0.334 e. The minimum absolute atomic E-state index is 0.0554. The van der Waals surface area contributed by atoms with Crippen LogP contribution < -0.4 is 0 Å². The van der Waals surface area contributed by atoms with Crippen molar-refractivity contribution in [1.82, 2.24) is 19.9 Å². The summed E-state index contributed by atoms with van der Waals surface area (Å²) in [5, 5.41) is 10.9. The van der Waals surface area contributed by atoms with Crippen molar-refractivity contribution in [2.24, 2.45) is 11.8 Å². The normalized spacial score (nSPS) is 27.6. The molecular formula is C23H26N4O3. The lowest BCUT2D eigenvalue weighted by atomic mass is 9.72. The number of rotatable bonds is 1. The van der Waals surface area contributed by atoms with E-state index in [1.54, 1.807) is 18.7 Å². The SMILES string of the molecule is C[C@@H]1OC=C(C(=O)O)C2CC3c4[nH]c5ccccc5c4CCN3CC21.c1c[nH]cn1. The summed E-state index contributed by atoms with van der Waals surface area (Å²) < 4.78 is 5.64. The molecule has 0 amide bonds. The zero-order valence-corrected chi connectivity index (χ0v) is 16.9. The van der Waals surface area contributed by atoms with Crippen LogP contribution in [0, 0.1) is 11.8 Å². The number of aromatic nitrogens is 3. The molecule has 5 heterocycles. The van der Waals surface area contributed by atoms with E-state index in [0.29, 0.717) is 5.57 Å². The molecule has 7 nitrogen and oxygen atoms in total. The van der Waals surface area contributed by atoms with Crippen molar-refractivity contribution in [1.29, 1.82) is 0 Å². The number of hydrogen-bond donors (Lipinski definition) is 3. The van der Waals surface area contributed by atoms with Gasteiger partial charge in [0.05, 0.1) is 30.3 Å². The number of hydrogen-bond acceptors (Lipinski definition) is 4. The van der Waals surface area contributed by atoms with Gasteiger partial charge in [-0.1, -0.05) is 18.2 Å². The summed E-state index contributed by atoms with van der Waals surface area (Å²) in [5.74, 6) is -0.541. The standard InChI is InChI=1S/C20H22N2O3.C3H4N2/c1-11-15-9-22-7-6-13-12-4-2-3-5-17(12)21-19(13)18(22)8-14(15)16(10-25-11)20(23)24;1-2-5-3-4-1/h2-5,10-11,14-15,18,21H,6-9H2,1H3,(H,23,24);1-3H,(H,4,5)/t11-,14?,15?,18?;/m0./s1. The summed E-state index contributed by atoms with van der Waals surface area (Å²) in [6.07, 6.45) is 8.53. The van der Waals surface area contributed by atoms with Crippen molar-refractivity contribution in [2.45, 2.75) is 31.9 Å². The molecule has 0 radical (unpaired) electrons. The first-order chi connectivity index (χ1) is 14.6. The highest BCUT2D eigenvalue weighted by molar-refractivity contribution is 5.87. The van der Waals surface area contributed by atoms with Gasteiger partial charge in [-0.05, 0) is 31.4 Å². The Morgan fingerprint density at radius 3 is 2.93 bits per heavy atom. The number of carboxylic acid groups (broad SMARTS) is 1. The Morgan fingerprint density at radius 2 is 2.20 bits per heavy atom. The van der Waals surface area contributed by atoms with Crippen LogP contribution in [0.15, 0.2) is 54.8 Å². The fourth-order valence-electron chi connectivity index (χ4n) is 5.29. The minimum Gasteiger partial charge on any atom is -0.497 e. The Hall–Kier alpha value is -3.06. The summed E-state index contributed by atoms with van der Waals surface area (Å²) >= 11 is 0. The number of benzene rings is 1. The van der Waals surface area contributed by atoms with Crippen LogP contribution in [-0.2, 0) is 16.0 Å². The molecule has 0 bridgehead atoms. The molecule has 3 aliphatic heterocycles. The van der Waals surface area contributed by atoms with E-state index in [1.165, 1.54) is 28.4 Å². The van der Waals surface area contributed by atoms with Gasteiger partial charge in [-0.15, -0.1) is 0 Å². The number of H-pyrrole nitrogens is 2. The van der Waals surface area contributed by atoms with Gasteiger partial charge in [-0.25, -0.2) is 9.78 Å². The van der Waals surface area contributed by atoms with Crippen LogP contribution in [0.4, 0.5) is 0 Å².